The number of aromatic amines is 1. The fourth-order valence-electron chi connectivity index (χ4n) is 4.32. The number of carbonyl (C=O) groups excluding carboxylic acids is 1. The number of amides is 1. The Morgan fingerprint density at radius 3 is 2.58 bits per heavy atom. The van der Waals surface area contributed by atoms with Gasteiger partial charge in [-0.15, -0.1) is 0 Å². The molecule has 0 saturated heterocycles. The lowest BCUT2D eigenvalue weighted by Crippen LogP contribution is -2.31. The molecule has 0 radical (unpaired) electrons. The maximum Gasteiger partial charge on any atom is 0.273 e. The zero-order chi connectivity index (χ0) is 23.2. The number of phenols is 1. The number of ether oxygens (including phenoxy) is 2. The van der Waals surface area contributed by atoms with Crippen LogP contribution in [0.1, 0.15) is 60.3 Å². The summed E-state index contributed by atoms with van der Waals surface area (Å²) in [5.41, 5.74) is 3.42. The molecule has 1 atom stereocenters. The minimum absolute atomic E-state index is 0.0971. The summed E-state index contributed by atoms with van der Waals surface area (Å²) in [6.07, 6.45) is 4.06. The van der Waals surface area contributed by atoms with E-state index in [0.717, 1.165) is 42.6 Å². The Morgan fingerprint density at radius 2 is 1.85 bits per heavy atom. The molecule has 0 fully saturated rings. The van der Waals surface area contributed by atoms with Gasteiger partial charge in [-0.1, -0.05) is 44.0 Å². The molecule has 1 unspecified atom stereocenters. The second kappa shape index (κ2) is 10.5. The van der Waals surface area contributed by atoms with Crippen LogP contribution in [0.2, 0.25) is 0 Å². The quantitative estimate of drug-likeness (QED) is 0.405. The molecule has 0 bridgehead atoms. The number of para-hydroxylation sites is 1. The number of nitrogens with one attached hydrogen (secondary N) is 1. The zero-order valence-electron chi connectivity index (χ0n) is 19.2. The summed E-state index contributed by atoms with van der Waals surface area (Å²) < 4.78 is 11.1. The van der Waals surface area contributed by atoms with Crippen LogP contribution < -0.4 is 4.74 Å². The first-order valence-corrected chi connectivity index (χ1v) is 11.5. The first kappa shape index (κ1) is 22.9. The lowest BCUT2D eigenvalue weighted by molar-refractivity contribution is 0.0723. The number of hydrogen-bond acceptors (Lipinski definition) is 5. The Hall–Kier alpha value is -3.32. The van der Waals surface area contributed by atoms with E-state index >= 15 is 0 Å². The second-order valence-electron chi connectivity index (χ2n) is 8.25. The summed E-state index contributed by atoms with van der Waals surface area (Å²) in [6, 6.07) is 14.7. The Kier molecular flexibility index (Phi) is 7.29. The van der Waals surface area contributed by atoms with Crippen molar-refractivity contribution in [1.82, 2.24) is 15.1 Å². The first-order valence-electron chi connectivity index (χ1n) is 11.5. The highest BCUT2D eigenvalue weighted by atomic mass is 16.5. The number of hydrogen-bond donors (Lipinski definition) is 2. The molecule has 2 heterocycles. The number of H-pyrrole nitrogens is 1. The topological polar surface area (TPSA) is 87.7 Å². The van der Waals surface area contributed by atoms with E-state index in [2.05, 4.69) is 17.1 Å². The van der Waals surface area contributed by atoms with Gasteiger partial charge >= 0.3 is 0 Å². The average molecular weight is 450 g/mol. The number of nitrogens with zero attached hydrogens (tertiary/aromatic N) is 2. The number of benzene rings is 2. The number of aromatic nitrogens is 2. The van der Waals surface area contributed by atoms with Gasteiger partial charge in [0.2, 0.25) is 0 Å². The number of phenolic OH excluding ortho intramolecular Hbond substituents is 1. The minimum Gasteiger partial charge on any atom is -0.507 e. The molecule has 174 valence electrons. The molecule has 2 N–H and O–H groups in total. The lowest BCUT2D eigenvalue weighted by atomic mass is 9.95. The highest BCUT2D eigenvalue weighted by Crippen LogP contribution is 2.44. The smallest absolute Gasteiger partial charge is 0.273 e. The predicted octanol–water partition coefficient (Wildman–Crippen LogP) is 4.93. The first-order chi connectivity index (χ1) is 16.2. The molecule has 4 rings (SSSR count). The maximum atomic E-state index is 13.3. The van der Waals surface area contributed by atoms with Crippen molar-refractivity contribution < 1.29 is 19.4 Å². The number of rotatable bonds is 11. The van der Waals surface area contributed by atoms with Gasteiger partial charge in [-0.2, -0.15) is 5.10 Å². The van der Waals surface area contributed by atoms with E-state index in [-0.39, 0.29) is 17.7 Å². The third kappa shape index (κ3) is 4.73. The van der Waals surface area contributed by atoms with Crippen molar-refractivity contribution in [1.29, 1.82) is 0 Å². The molecule has 33 heavy (non-hydrogen) atoms. The molecule has 2 aromatic carbocycles. The molecule has 1 aromatic heterocycles. The van der Waals surface area contributed by atoms with Crippen LogP contribution in [0, 0.1) is 0 Å². The van der Waals surface area contributed by atoms with Crippen molar-refractivity contribution >= 4 is 5.91 Å². The summed E-state index contributed by atoms with van der Waals surface area (Å²) in [4.78, 5) is 15.2. The molecule has 1 aliphatic rings. The van der Waals surface area contributed by atoms with Gasteiger partial charge in [0.1, 0.15) is 22.9 Å². The maximum absolute atomic E-state index is 13.3. The van der Waals surface area contributed by atoms with Gasteiger partial charge in [0.25, 0.3) is 5.91 Å². The lowest BCUT2D eigenvalue weighted by Gasteiger charge is -2.26. The standard InChI is InChI=1S/C26H31N3O4/c1-3-4-7-17-33-19-13-11-18(12-14-19)25-22-23(20-9-5-6-10-21(20)30)27-28-24(22)26(31)29(25)15-8-16-32-2/h5-6,9-14,25,30H,3-4,7-8,15-17H2,1-2H3,(H,27,28). The van der Waals surface area contributed by atoms with E-state index in [0.29, 0.717) is 36.7 Å². The van der Waals surface area contributed by atoms with Crippen LogP contribution in [0.3, 0.4) is 0 Å². The van der Waals surface area contributed by atoms with E-state index in [1.54, 1.807) is 19.2 Å². The molecular formula is C26H31N3O4. The Balaban J connectivity index is 1.68. The number of methoxy groups -OCH3 is 1. The van der Waals surface area contributed by atoms with Gasteiger partial charge in [-0.05, 0) is 42.7 Å². The Morgan fingerprint density at radius 1 is 1.06 bits per heavy atom. The van der Waals surface area contributed by atoms with Crippen molar-refractivity contribution in [2.45, 2.75) is 38.6 Å². The predicted molar refractivity (Wildman–Crippen MR) is 127 cm³/mol. The van der Waals surface area contributed by atoms with Gasteiger partial charge in [0.15, 0.2) is 0 Å². The molecule has 0 spiro atoms. The highest BCUT2D eigenvalue weighted by molar-refractivity contribution is 6.00. The van der Waals surface area contributed by atoms with E-state index in [9.17, 15) is 9.90 Å². The van der Waals surface area contributed by atoms with Crippen molar-refractivity contribution in [2.75, 3.05) is 26.9 Å². The van der Waals surface area contributed by atoms with Crippen LogP contribution in [0.5, 0.6) is 11.5 Å². The van der Waals surface area contributed by atoms with Gasteiger partial charge in [0, 0.05) is 31.4 Å². The monoisotopic (exact) mass is 449 g/mol. The summed E-state index contributed by atoms with van der Waals surface area (Å²) in [7, 11) is 1.66. The van der Waals surface area contributed by atoms with Crippen LogP contribution in [0.25, 0.3) is 11.3 Å². The number of aromatic hydroxyl groups is 1. The zero-order valence-corrected chi connectivity index (χ0v) is 19.2. The highest BCUT2D eigenvalue weighted by Gasteiger charge is 2.42. The van der Waals surface area contributed by atoms with Crippen molar-refractivity contribution in [3.05, 3.63) is 65.4 Å². The van der Waals surface area contributed by atoms with Crippen LogP contribution in [0.15, 0.2) is 48.5 Å². The largest absolute Gasteiger partial charge is 0.507 e. The van der Waals surface area contributed by atoms with Crippen LogP contribution in [-0.4, -0.2) is 53.0 Å². The summed E-state index contributed by atoms with van der Waals surface area (Å²) in [5, 5.41) is 17.8. The van der Waals surface area contributed by atoms with Crippen molar-refractivity contribution in [2.24, 2.45) is 0 Å². The molecule has 0 aliphatic carbocycles. The third-order valence-corrected chi connectivity index (χ3v) is 5.98. The number of fused-ring (bicyclic) bond motifs is 1. The molecular weight excluding hydrogens is 418 g/mol. The van der Waals surface area contributed by atoms with Gasteiger partial charge in [0.05, 0.1) is 12.6 Å². The fraction of sp³-hybridized carbons (Fsp3) is 0.385. The van der Waals surface area contributed by atoms with E-state index in [1.807, 2.05) is 41.3 Å². The molecule has 1 amide bonds. The number of carbonyl (C=O) groups is 1. The average Bonchev–Trinajstić information content (AvgIpc) is 3.37. The fourth-order valence-corrected chi connectivity index (χ4v) is 4.32. The van der Waals surface area contributed by atoms with Crippen LogP contribution in [-0.2, 0) is 4.74 Å². The summed E-state index contributed by atoms with van der Waals surface area (Å²) in [5.74, 6) is 0.852. The van der Waals surface area contributed by atoms with E-state index in [4.69, 9.17) is 9.47 Å². The van der Waals surface area contributed by atoms with E-state index < -0.39 is 0 Å². The Labute approximate surface area is 194 Å². The SMILES string of the molecule is CCCCCOc1ccc(C2c3c(-c4ccccc4O)n[nH]c3C(=O)N2CCCOC)cc1. The molecule has 3 aromatic rings. The summed E-state index contributed by atoms with van der Waals surface area (Å²) in [6.45, 7) is 3.99. The summed E-state index contributed by atoms with van der Waals surface area (Å²) >= 11 is 0. The minimum atomic E-state index is -0.313. The van der Waals surface area contributed by atoms with Gasteiger partial charge in [-0.25, -0.2) is 0 Å². The molecule has 0 saturated carbocycles. The molecule has 7 heteroatoms. The van der Waals surface area contributed by atoms with Gasteiger partial charge in [-0.3, -0.25) is 9.89 Å². The molecule has 1 aliphatic heterocycles. The van der Waals surface area contributed by atoms with Crippen LogP contribution in [0.4, 0.5) is 0 Å². The second-order valence-corrected chi connectivity index (χ2v) is 8.25. The van der Waals surface area contributed by atoms with Crippen LogP contribution >= 0.6 is 0 Å². The van der Waals surface area contributed by atoms with Gasteiger partial charge < -0.3 is 19.5 Å². The molecule has 7 nitrogen and oxygen atoms in total. The van der Waals surface area contributed by atoms with Crippen molar-refractivity contribution in [3.63, 3.8) is 0 Å². The number of unbranched alkanes of at least 4 members (excludes halogenated alkanes) is 2. The Bertz CT molecular complexity index is 1080. The van der Waals surface area contributed by atoms with Crippen molar-refractivity contribution in [3.8, 4) is 22.8 Å². The third-order valence-electron chi connectivity index (χ3n) is 5.98. The van der Waals surface area contributed by atoms with E-state index in [1.165, 1.54) is 0 Å². The normalized spacial score (nSPS) is 15.2.